The summed E-state index contributed by atoms with van der Waals surface area (Å²) in [6, 6.07) is 17.2. The third-order valence-electron chi connectivity index (χ3n) is 4.95. The highest BCUT2D eigenvalue weighted by Crippen LogP contribution is 2.22. The predicted octanol–water partition coefficient (Wildman–Crippen LogP) is 4.72. The van der Waals surface area contributed by atoms with Gasteiger partial charge in [0, 0.05) is 18.4 Å². The molecule has 0 aliphatic carbocycles. The summed E-state index contributed by atoms with van der Waals surface area (Å²) in [7, 11) is 1.37. The summed E-state index contributed by atoms with van der Waals surface area (Å²) in [5.74, 6) is 2.40. The number of aromatic nitrogens is 2. The fourth-order valence-corrected chi connectivity index (χ4v) is 3.26. The van der Waals surface area contributed by atoms with Gasteiger partial charge in [0.25, 0.3) is 0 Å². The molecule has 0 N–H and O–H groups in total. The molecule has 4 aromatic rings. The van der Waals surface area contributed by atoms with Gasteiger partial charge in [0.15, 0.2) is 5.89 Å². The summed E-state index contributed by atoms with van der Waals surface area (Å²) in [5, 5.41) is 0. The lowest BCUT2D eigenvalue weighted by Gasteiger charge is -2.06. The molecule has 0 radical (unpaired) electrons. The quantitative estimate of drug-likeness (QED) is 0.354. The molecular formula is C25H24N2O5. The van der Waals surface area contributed by atoms with Crippen molar-refractivity contribution in [2.24, 2.45) is 0 Å². The van der Waals surface area contributed by atoms with E-state index in [2.05, 4.69) is 9.97 Å². The van der Waals surface area contributed by atoms with Crippen molar-refractivity contribution in [2.45, 2.75) is 32.8 Å². The van der Waals surface area contributed by atoms with Gasteiger partial charge in [-0.05, 0) is 36.8 Å². The molecule has 0 atom stereocenters. The molecule has 0 amide bonds. The molecule has 0 aliphatic rings. The first-order valence-corrected chi connectivity index (χ1v) is 10.3. The monoisotopic (exact) mass is 432 g/mol. The highest BCUT2D eigenvalue weighted by Gasteiger charge is 2.13. The first-order chi connectivity index (χ1) is 15.6. The summed E-state index contributed by atoms with van der Waals surface area (Å²) >= 11 is 0. The second-order valence-corrected chi connectivity index (χ2v) is 7.31. The summed E-state index contributed by atoms with van der Waals surface area (Å²) in [6.45, 7) is 2.18. The van der Waals surface area contributed by atoms with Gasteiger partial charge in [-0.2, -0.15) is 0 Å². The van der Waals surface area contributed by atoms with Crippen molar-refractivity contribution in [2.75, 3.05) is 7.11 Å². The zero-order valence-electron chi connectivity index (χ0n) is 18.0. The average molecular weight is 432 g/mol. The van der Waals surface area contributed by atoms with Gasteiger partial charge < -0.3 is 18.3 Å². The van der Waals surface area contributed by atoms with Gasteiger partial charge in [-0.1, -0.05) is 30.3 Å². The predicted molar refractivity (Wildman–Crippen MR) is 117 cm³/mol. The number of rotatable bonds is 9. The van der Waals surface area contributed by atoms with E-state index < -0.39 is 0 Å². The number of carbonyl (C=O) groups is 1. The Bertz CT molecular complexity index is 1180. The van der Waals surface area contributed by atoms with E-state index in [9.17, 15) is 4.79 Å². The van der Waals surface area contributed by atoms with Crippen molar-refractivity contribution in [3.63, 3.8) is 0 Å². The van der Waals surface area contributed by atoms with Gasteiger partial charge >= 0.3 is 5.97 Å². The topological polar surface area (TPSA) is 87.6 Å². The van der Waals surface area contributed by atoms with E-state index in [0.717, 1.165) is 22.6 Å². The van der Waals surface area contributed by atoms with E-state index in [1.54, 1.807) is 6.26 Å². The molecule has 0 saturated carbocycles. The smallest absolute Gasteiger partial charge is 0.309 e. The van der Waals surface area contributed by atoms with Crippen LogP contribution in [0.4, 0.5) is 0 Å². The lowest BCUT2D eigenvalue weighted by Crippen LogP contribution is -2.04. The zero-order valence-corrected chi connectivity index (χ0v) is 18.0. The molecule has 0 saturated heterocycles. The van der Waals surface area contributed by atoms with Gasteiger partial charge in [0.05, 0.1) is 19.2 Å². The van der Waals surface area contributed by atoms with Gasteiger partial charge in [-0.3, -0.25) is 4.79 Å². The Labute approximate surface area is 186 Å². The summed E-state index contributed by atoms with van der Waals surface area (Å²) in [5.41, 5.74) is 3.36. The number of hydrogen-bond donors (Lipinski definition) is 0. The van der Waals surface area contributed by atoms with E-state index >= 15 is 0 Å². The molecule has 0 fully saturated rings. The summed E-state index contributed by atoms with van der Waals surface area (Å²) in [6.07, 6.45) is 3.07. The van der Waals surface area contributed by atoms with Crippen LogP contribution in [0.25, 0.3) is 11.5 Å². The Morgan fingerprint density at radius 3 is 2.69 bits per heavy atom. The van der Waals surface area contributed by atoms with Gasteiger partial charge in [0.1, 0.15) is 30.1 Å². The zero-order chi connectivity index (χ0) is 22.3. The Hall–Kier alpha value is -3.87. The maximum atomic E-state index is 11.4. The van der Waals surface area contributed by atoms with Crippen molar-refractivity contribution >= 4 is 5.97 Å². The third kappa shape index (κ3) is 5.43. The fourth-order valence-electron chi connectivity index (χ4n) is 3.26. The number of aryl methyl sites for hydroxylation is 3. The third-order valence-corrected chi connectivity index (χ3v) is 4.95. The molecular weight excluding hydrogens is 408 g/mol. The molecule has 7 heteroatoms. The minimum atomic E-state index is -0.290. The standard InChI is InChI=1S/C25H24N2O5/c1-17-22(27-25(32-17)19-8-4-3-5-9-19)11-12-23-26-20(16-31-23)15-30-21-10-6-7-18(13-21)14-24(28)29-2/h3-10,13,16H,11-12,14-15H2,1-2H3. The van der Waals surface area contributed by atoms with E-state index in [-0.39, 0.29) is 19.0 Å². The van der Waals surface area contributed by atoms with Crippen molar-refractivity contribution in [3.8, 4) is 17.2 Å². The van der Waals surface area contributed by atoms with Crippen LogP contribution in [-0.4, -0.2) is 23.0 Å². The SMILES string of the molecule is COC(=O)Cc1cccc(OCc2coc(CCc3nc(-c4ccccc4)oc3C)n2)c1. The largest absolute Gasteiger partial charge is 0.487 e. The van der Waals surface area contributed by atoms with Crippen molar-refractivity contribution in [3.05, 3.63) is 89.5 Å². The lowest BCUT2D eigenvalue weighted by atomic mass is 10.1. The molecule has 164 valence electrons. The molecule has 32 heavy (non-hydrogen) atoms. The summed E-state index contributed by atoms with van der Waals surface area (Å²) in [4.78, 5) is 20.6. The van der Waals surface area contributed by atoms with Crippen LogP contribution in [0.3, 0.4) is 0 Å². The van der Waals surface area contributed by atoms with Crippen molar-refractivity contribution in [1.82, 2.24) is 9.97 Å². The Morgan fingerprint density at radius 2 is 1.88 bits per heavy atom. The van der Waals surface area contributed by atoms with E-state index in [1.165, 1.54) is 7.11 Å². The van der Waals surface area contributed by atoms with E-state index in [0.29, 0.717) is 36.1 Å². The number of nitrogens with zero attached hydrogens (tertiary/aromatic N) is 2. The van der Waals surface area contributed by atoms with Crippen molar-refractivity contribution < 1.29 is 23.1 Å². The molecule has 0 aliphatic heterocycles. The number of benzene rings is 2. The molecule has 0 bridgehead atoms. The fraction of sp³-hybridized carbons (Fsp3) is 0.240. The van der Waals surface area contributed by atoms with Crippen LogP contribution < -0.4 is 4.74 Å². The Kier molecular flexibility index (Phi) is 6.65. The van der Waals surface area contributed by atoms with Crippen LogP contribution in [0.15, 0.2) is 69.7 Å². The number of carbonyl (C=O) groups excluding carboxylic acids is 1. The minimum absolute atomic E-state index is 0.204. The van der Waals surface area contributed by atoms with Crippen LogP contribution in [0.1, 0.15) is 28.6 Å². The number of methoxy groups -OCH3 is 1. The van der Waals surface area contributed by atoms with Crippen LogP contribution in [-0.2, 0) is 35.4 Å². The number of oxazole rings is 2. The molecule has 2 aromatic heterocycles. The van der Waals surface area contributed by atoms with Crippen LogP contribution in [0, 0.1) is 6.92 Å². The highest BCUT2D eigenvalue weighted by molar-refractivity contribution is 5.72. The van der Waals surface area contributed by atoms with Gasteiger partial charge in [-0.15, -0.1) is 0 Å². The van der Waals surface area contributed by atoms with Crippen LogP contribution >= 0.6 is 0 Å². The van der Waals surface area contributed by atoms with E-state index in [1.807, 2.05) is 61.5 Å². The second-order valence-electron chi connectivity index (χ2n) is 7.31. The summed E-state index contributed by atoms with van der Waals surface area (Å²) < 4.78 is 21.9. The van der Waals surface area contributed by atoms with Crippen LogP contribution in [0.5, 0.6) is 5.75 Å². The number of hydrogen-bond acceptors (Lipinski definition) is 7. The highest BCUT2D eigenvalue weighted by atomic mass is 16.5. The van der Waals surface area contributed by atoms with E-state index in [4.69, 9.17) is 18.3 Å². The lowest BCUT2D eigenvalue weighted by molar-refractivity contribution is -0.139. The Balaban J connectivity index is 1.32. The number of esters is 1. The molecule has 4 rings (SSSR count). The Morgan fingerprint density at radius 1 is 1.03 bits per heavy atom. The molecule has 2 heterocycles. The molecule has 7 nitrogen and oxygen atoms in total. The molecule has 0 unspecified atom stereocenters. The van der Waals surface area contributed by atoms with Gasteiger partial charge in [-0.25, -0.2) is 9.97 Å². The average Bonchev–Trinajstić information content (AvgIpc) is 3.43. The number of ether oxygens (including phenoxy) is 2. The molecule has 0 spiro atoms. The minimum Gasteiger partial charge on any atom is -0.487 e. The van der Waals surface area contributed by atoms with Gasteiger partial charge in [0.2, 0.25) is 5.89 Å². The normalized spacial score (nSPS) is 10.8. The first-order valence-electron chi connectivity index (χ1n) is 10.3. The first kappa shape index (κ1) is 21.4. The second kappa shape index (κ2) is 9.96. The maximum Gasteiger partial charge on any atom is 0.309 e. The van der Waals surface area contributed by atoms with Crippen molar-refractivity contribution in [1.29, 1.82) is 0 Å². The maximum absolute atomic E-state index is 11.4. The molecule has 2 aromatic carbocycles. The van der Waals surface area contributed by atoms with Crippen LogP contribution in [0.2, 0.25) is 0 Å².